The van der Waals surface area contributed by atoms with Crippen molar-refractivity contribution in [1.29, 1.82) is 0 Å². The second-order valence-electron chi connectivity index (χ2n) is 5.76. The predicted octanol–water partition coefficient (Wildman–Crippen LogP) is 2.84. The molecule has 23 heavy (non-hydrogen) atoms. The number of quaternary nitrogens is 1. The summed E-state index contributed by atoms with van der Waals surface area (Å²) < 4.78 is 26.6. The number of benzene rings is 2. The lowest BCUT2D eigenvalue weighted by Crippen LogP contribution is -2.86. The highest BCUT2D eigenvalue weighted by molar-refractivity contribution is 5.92. The number of carbonyl (C=O) groups excluding carboxylic acids is 1. The molecule has 1 atom stereocenters. The van der Waals surface area contributed by atoms with Crippen molar-refractivity contribution in [1.82, 2.24) is 0 Å². The lowest BCUT2D eigenvalue weighted by Gasteiger charge is -2.13. The van der Waals surface area contributed by atoms with E-state index >= 15 is 0 Å². The fraction of sp³-hybridized carbons (Fsp3) is 0.278. The quantitative estimate of drug-likeness (QED) is 0.874. The Bertz CT molecular complexity index is 716. The molecular formula is C18H21F2N2O+. The Morgan fingerprint density at radius 1 is 1.17 bits per heavy atom. The molecular weight excluding hydrogens is 298 g/mol. The SMILES string of the molecule is Cc1ccc(C)c(NC(=O)C[NH2+][C@H](C)c2ccc(F)cc2F)c1. The number of hydrogen-bond donors (Lipinski definition) is 2. The maximum atomic E-state index is 13.7. The summed E-state index contributed by atoms with van der Waals surface area (Å²) >= 11 is 0. The van der Waals surface area contributed by atoms with Gasteiger partial charge in [0.2, 0.25) is 0 Å². The number of nitrogens with one attached hydrogen (secondary N) is 1. The molecule has 3 nitrogen and oxygen atoms in total. The van der Waals surface area contributed by atoms with Crippen LogP contribution in [0.25, 0.3) is 0 Å². The van der Waals surface area contributed by atoms with Gasteiger partial charge in [-0.15, -0.1) is 0 Å². The Morgan fingerprint density at radius 2 is 1.91 bits per heavy atom. The molecule has 0 radical (unpaired) electrons. The van der Waals surface area contributed by atoms with Crippen LogP contribution in [0.4, 0.5) is 14.5 Å². The second-order valence-corrected chi connectivity index (χ2v) is 5.76. The number of hydrogen-bond acceptors (Lipinski definition) is 1. The highest BCUT2D eigenvalue weighted by Crippen LogP contribution is 2.16. The van der Waals surface area contributed by atoms with E-state index in [0.717, 1.165) is 22.9 Å². The van der Waals surface area contributed by atoms with Gasteiger partial charge in [-0.3, -0.25) is 4.79 Å². The van der Waals surface area contributed by atoms with Crippen molar-refractivity contribution in [2.75, 3.05) is 11.9 Å². The van der Waals surface area contributed by atoms with E-state index in [-0.39, 0.29) is 18.5 Å². The third-order valence-electron chi connectivity index (χ3n) is 3.78. The third-order valence-corrected chi connectivity index (χ3v) is 3.78. The van der Waals surface area contributed by atoms with E-state index in [0.29, 0.717) is 5.56 Å². The molecule has 5 heteroatoms. The third kappa shape index (κ3) is 4.60. The maximum absolute atomic E-state index is 13.7. The van der Waals surface area contributed by atoms with E-state index in [2.05, 4.69) is 5.32 Å². The number of anilines is 1. The lowest BCUT2D eigenvalue weighted by molar-refractivity contribution is -0.682. The minimum absolute atomic E-state index is 0.158. The van der Waals surface area contributed by atoms with Gasteiger partial charge in [-0.05, 0) is 50.1 Å². The van der Waals surface area contributed by atoms with Crippen molar-refractivity contribution in [3.05, 3.63) is 64.7 Å². The highest BCUT2D eigenvalue weighted by atomic mass is 19.1. The van der Waals surface area contributed by atoms with Crippen LogP contribution in [0.5, 0.6) is 0 Å². The zero-order chi connectivity index (χ0) is 17.0. The van der Waals surface area contributed by atoms with Gasteiger partial charge in [-0.25, -0.2) is 8.78 Å². The summed E-state index contributed by atoms with van der Waals surface area (Å²) in [6.07, 6.45) is 0. The summed E-state index contributed by atoms with van der Waals surface area (Å²) in [5, 5.41) is 4.58. The molecule has 0 aromatic heterocycles. The molecule has 2 rings (SSSR count). The first-order chi connectivity index (χ1) is 10.9. The van der Waals surface area contributed by atoms with Crippen molar-refractivity contribution in [2.24, 2.45) is 0 Å². The van der Waals surface area contributed by atoms with Crippen LogP contribution in [0.1, 0.15) is 29.7 Å². The van der Waals surface area contributed by atoms with Crippen molar-refractivity contribution in [3.63, 3.8) is 0 Å². The molecule has 3 N–H and O–H groups in total. The average molecular weight is 319 g/mol. The monoisotopic (exact) mass is 319 g/mol. The van der Waals surface area contributed by atoms with Gasteiger partial charge in [-0.2, -0.15) is 0 Å². The van der Waals surface area contributed by atoms with Crippen LogP contribution in [0.3, 0.4) is 0 Å². The molecule has 122 valence electrons. The maximum Gasteiger partial charge on any atom is 0.279 e. The molecule has 0 aliphatic heterocycles. The summed E-state index contributed by atoms with van der Waals surface area (Å²) in [4.78, 5) is 12.1. The van der Waals surface area contributed by atoms with Gasteiger partial charge in [0.05, 0.1) is 0 Å². The van der Waals surface area contributed by atoms with Crippen molar-refractivity contribution in [2.45, 2.75) is 26.8 Å². The van der Waals surface area contributed by atoms with E-state index < -0.39 is 11.6 Å². The van der Waals surface area contributed by atoms with Crippen LogP contribution in [-0.4, -0.2) is 12.5 Å². The molecule has 0 bridgehead atoms. The molecule has 0 saturated carbocycles. The molecule has 0 aliphatic carbocycles. The lowest BCUT2D eigenvalue weighted by atomic mass is 10.1. The van der Waals surface area contributed by atoms with Crippen LogP contribution in [0.15, 0.2) is 36.4 Å². The van der Waals surface area contributed by atoms with Crippen LogP contribution < -0.4 is 10.6 Å². The molecule has 0 fully saturated rings. The zero-order valence-corrected chi connectivity index (χ0v) is 13.5. The number of carbonyl (C=O) groups is 1. The van der Waals surface area contributed by atoms with E-state index in [1.165, 1.54) is 12.1 Å². The predicted molar refractivity (Wildman–Crippen MR) is 86.1 cm³/mol. The van der Waals surface area contributed by atoms with E-state index in [1.54, 1.807) is 12.2 Å². The van der Waals surface area contributed by atoms with Gasteiger partial charge in [0.1, 0.15) is 17.7 Å². The average Bonchev–Trinajstić information content (AvgIpc) is 2.48. The Kier molecular flexibility index (Phi) is 5.45. The fourth-order valence-electron chi connectivity index (χ4n) is 2.35. The summed E-state index contributed by atoms with van der Waals surface area (Å²) in [6.45, 7) is 5.82. The molecule has 0 spiro atoms. The smallest absolute Gasteiger partial charge is 0.279 e. The minimum atomic E-state index is -0.605. The Hall–Kier alpha value is -2.27. The second kappa shape index (κ2) is 7.33. The molecule has 0 aliphatic rings. The molecule has 2 aromatic carbocycles. The zero-order valence-electron chi connectivity index (χ0n) is 13.5. The molecule has 0 saturated heterocycles. The highest BCUT2D eigenvalue weighted by Gasteiger charge is 2.16. The fourth-order valence-corrected chi connectivity index (χ4v) is 2.35. The number of aryl methyl sites for hydroxylation is 2. The molecule has 0 unspecified atom stereocenters. The van der Waals surface area contributed by atoms with Gasteiger partial charge in [-0.1, -0.05) is 12.1 Å². The summed E-state index contributed by atoms with van der Waals surface area (Å²) in [6, 6.07) is 9.06. The number of nitrogens with two attached hydrogens (primary N) is 1. The van der Waals surface area contributed by atoms with E-state index in [1.807, 2.05) is 32.0 Å². The van der Waals surface area contributed by atoms with Crippen LogP contribution in [0, 0.1) is 25.5 Å². The first-order valence-electron chi connectivity index (χ1n) is 7.52. The van der Waals surface area contributed by atoms with Crippen LogP contribution in [-0.2, 0) is 4.79 Å². The van der Waals surface area contributed by atoms with Gasteiger partial charge >= 0.3 is 0 Å². The van der Waals surface area contributed by atoms with Crippen LogP contribution >= 0.6 is 0 Å². The first-order valence-corrected chi connectivity index (χ1v) is 7.52. The van der Waals surface area contributed by atoms with Crippen molar-refractivity contribution in [3.8, 4) is 0 Å². The summed E-state index contributed by atoms with van der Waals surface area (Å²) in [5.74, 6) is -1.36. The Balaban J connectivity index is 1.94. The Labute approximate surface area is 134 Å². The number of amides is 1. The Morgan fingerprint density at radius 3 is 2.61 bits per heavy atom. The number of halogens is 2. The summed E-state index contributed by atoms with van der Waals surface area (Å²) in [7, 11) is 0. The van der Waals surface area contributed by atoms with Crippen molar-refractivity contribution < 1.29 is 18.9 Å². The minimum Gasteiger partial charge on any atom is -0.332 e. The standard InChI is InChI=1S/C18H20F2N2O/c1-11-4-5-12(2)17(8-11)22-18(23)10-21-13(3)15-7-6-14(19)9-16(15)20/h4-9,13,21H,10H2,1-3H3,(H,22,23)/p+1/t13-/m1/s1. The number of rotatable bonds is 5. The van der Waals surface area contributed by atoms with E-state index in [4.69, 9.17) is 0 Å². The summed E-state index contributed by atoms with van der Waals surface area (Å²) in [5.41, 5.74) is 3.22. The molecule has 0 heterocycles. The van der Waals surface area contributed by atoms with Crippen molar-refractivity contribution >= 4 is 11.6 Å². The topological polar surface area (TPSA) is 45.7 Å². The van der Waals surface area contributed by atoms with Gasteiger partial charge < -0.3 is 10.6 Å². The molecule has 2 aromatic rings. The largest absolute Gasteiger partial charge is 0.332 e. The van der Waals surface area contributed by atoms with Gasteiger partial charge in [0.25, 0.3) is 5.91 Å². The normalized spacial score (nSPS) is 12.0. The van der Waals surface area contributed by atoms with E-state index in [9.17, 15) is 13.6 Å². The molecule has 1 amide bonds. The first kappa shape index (κ1) is 17.1. The van der Waals surface area contributed by atoms with Gasteiger partial charge in [0, 0.05) is 17.3 Å². The van der Waals surface area contributed by atoms with Crippen LogP contribution in [0.2, 0.25) is 0 Å². The van der Waals surface area contributed by atoms with Gasteiger partial charge in [0.15, 0.2) is 6.54 Å².